The highest BCUT2D eigenvalue weighted by molar-refractivity contribution is 9.08. The van der Waals surface area contributed by atoms with Crippen LogP contribution in [0.25, 0.3) is 0 Å². The van der Waals surface area contributed by atoms with E-state index >= 15 is 0 Å². The number of carbonyl (C=O) groups excluding carboxylic acids is 1. The van der Waals surface area contributed by atoms with Crippen molar-refractivity contribution in [2.24, 2.45) is 0 Å². The molecule has 1 aromatic rings. The quantitative estimate of drug-likeness (QED) is 0.601. The van der Waals surface area contributed by atoms with Crippen LogP contribution in [0.1, 0.15) is 27.0 Å². The number of hydrogen-bond donors (Lipinski definition) is 0. The number of benzene rings is 1. The Morgan fingerprint density at radius 3 is 2.57 bits per heavy atom. The molecule has 0 amide bonds. The fraction of sp³-hybridized carbons (Fsp3) is 0.364. The number of hydrogen-bond acceptors (Lipinski definition) is 2. The zero-order valence-corrected chi connectivity index (χ0v) is 10.1. The van der Waals surface area contributed by atoms with E-state index in [0.717, 1.165) is 22.0 Å². The van der Waals surface area contributed by atoms with Gasteiger partial charge in [-0.3, -0.25) is 0 Å². The lowest BCUT2D eigenvalue weighted by molar-refractivity contribution is 0.0599. The second-order valence-corrected chi connectivity index (χ2v) is 3.73. The average molecular weight is 257 g/mol. The first-order chi connectivity index (χ1) is 6.61. The zero-order valence-electron chi connectivity index (χ0n) is 8.56. The van der Waals surface area contributed by atoms with Gasteiger partial charge in [-0.05, 0) is 30.5 Å². The lowest BCUT2D eigenvalue weighted by Gasteiger charge is -2.10. The van der Waals surface area contributed by atoms with Crippen molar-refractivity contribution in [1.29, 1.82) is 0 Å². The van der Waals surface area contributed by atoms with E-state index in [1.807, 2.05) is 26.0 Å². The molecule has 0 saturated carbocycles. The summed E-state index contributed by atoms with van der Waals surface area (Å²) in [5.74, 6) is -0.261. The Hall–Kier alpha value is -0.830. The molecule has 0 aromatic heterocycles. The van der Waals surface area contributed by atoms with Crippen LogP contribution < -0.4 is 0 Å². The molecule has 1 rings (SSSR count). The third-order valence-corrected chi connectivity index (χ3v) is 2.92. The summed E-state index contributed by atoms with van der Waals surface area (Å²) in [6.07, 6.45) is 0. The van der Waals surface area contributed by atoms with Crippen LogP contribution in [-0.4, -0.2) is 13.1 Å². The van der Waals surface area contributed by atoms with E-state index in [2.05, 4.69) is 15.9 Å². The second kappa shape index (κ2) is 4.60. The Labute approximate surface area is 92.4 Å². The van der Waals surface area contributed by atoms with Crippen LogP contribution in [0.5, 0.6) is 0 Å². The predicted octanol–water partition coefficient (Wildman–Crippen LogP) is 2.98. The van der Waals surface area contributed by atoms with Gasteiger partial charge in [0.25, 0.3) is 0 Å². The van der Waals surface area contributed by atoms with Crippen molar-refractivity contribution in [3.8, 4) is 0 Å². The highest BCUT2D eigenvalue weighted by Gasteiger charge is 2.14. The summed E-state index contributed by atoms with van der Waals surface area (Å²) < 4.78 is 4.74. The third kappa shape index (κ3) is 1.98. The van der Waals surface area contributed by atoms with Crippen molar-refractivity contribution in [2.45, 2.75) is 19.2 Å². The third-order valence-electron chi connectivity index (χ3n) is 2.32. The molecule has 0 N–H and O–H groups in total. The molecular weight excluding hydrogens is 244 g/mol. The normalized spacial score (nSPS) is 10.0. The Morgan fingerprint density at radius 2 is 2.07 bits per heavy atom. The molecular formula is C11H13BrO2. The first-order valence-corrected chi connectivity index (χ1v) is 5.47. The van der Waals surface area contributed by atoms with Crippen molar-refractivity contribution in [1.82, 2.24) is 0 Å². The Bertz CT molecular complexity index is 359. The van der Waals surface area contributed by atoms with Crippen molar-refractivity contribution >= 4 is 21.9 Å². The molecule has 0 saturated heterocycles. The monoisotopic (exact) mass is 256 g/mol. The number of methoxy groups -OCH3 is 1. The van der Waals surface area contributed by atoms with Crippen LogP contribution in [0, 0.1) is 13.8 Å². The van der Waals surface area contributed by atoms with Gasteiger partial charge in [0, 0.05) is 5.33 Å². The van der Waals surface area contributed by atoms with Crippen LogP contribution >= 0.6 is 15.9 Å². The highest BCUT2D eigenvalue weighted by Crippen LogP contribution is 2.20. The van der Waals surface area contributed by atoms with Crippen molar-refractivity contribution in [3.05, 3.63) is 34.4 Å². The molecule has 14 heavy (non-hydrogen) atoms. The minimum Gasteiger partial charge on any atom is -0.465 e. The number of carbonyl (C=O) groups is 1. The first kappa shape index (κ1) is 11.2. The van der Waals surface area contributed by atoms with Crippen LogP contribution in [-0.2, 0) is 10.1 Å². The lowest BCUT2D eigenvalue weighted by atomic mass is 9.99. The zero-order chi connectivity index (χ0) is 10.7. The molecule has 0 heterocycles. The molecule has 76 valence electrons. The van der Waals surface area contributed by atoms with Gasteiger partial charge >= 0.3 is 5.97 Å². The summed E-state index contributed by atoms with van der Waals surface area (Å²) in [5.41, 5.74) is 3.76. The van der Waals surface area contributed by atoms with Gasteiger partial charge in [-0.15, -0.1) is 0 Å². The van der Waals surface area contributed by atoms with Crippen molar-refractivity contribution < 1.29 is 9.53 Å². The molecule has 0 bridgehead atoms. The summed E-state index contributed by atoms with van der Waals surface area (Å²) in [4.78, 5) is 11.5. The van der Waals surface area contributed by atoms with Crippen LogP contribution in [0.15, 0.2) is 12.1 Å². The van der Waals surface area contributed by atoms with Crippen LogP contribution in [0.2, 0.25) is 0 Å². The lowest BCUT2D eigenvalue weighted by Crippen LogP contribution is -2.07. The molecule has 0 aliphatic rings. The minimum absolute atomic E-state index is 0.261. The number of aryl methyl sites for hydroxylation is 1. The van der Waals surface area contributed by atoms with Gasteiger partial charge in [-0.1, -0.05) is 28.1 Å². The molecule has 0 radical (unpaired) electrons. The van der Waals surface area contributed by atoms with E-state index in [9.17, 15) is 4.79 Å². The standard InChI is InChI=1S/C11H13BrO2/c1-7-4-5-9(6-12)8(2)10(7)11(13)14-3/h4-5H,6H2,1-3H3. The summed E-state index contributed by atoms with van der Waals surface area (Å²) in [6, 6.07) is 3.96. The Balaban J connectivity index is 3.32. The predicted molar refractivity (Wildman–Crippen MR) is 59.9 cm³/mol. The second-order valence-electron chi connectivity index (χ2n) is 3.17. The number of ether oxygens (including phenoxy) is 1. The van der Waals surface area contributed by atoms with E-state index in [4.69, 9.17) is 4.74 Å². The molecule has 3 heteroatoms. The van der Waals surface area contributed by atoms with Gasteiger partial charge in [-0.25, -0.2) is 4.79 Å². The van der Waals surface area contributed by atoms with Crippen LogP contribution in [0.4, 0.5) is 0 Å². The van der Waals surface area contributed by atoms with E-state index in [-0.39, 0.29) is 5.97 Å². The van der Waals surface area contributed by atoms with Gasteiger partial charge in [0.05, 0.1) is 12.7 Å². The maximum atomic E-state index is 11.5. The number of alkyl halides is 1. The maximum absolute atomic E-state index is 11.5. The topological polar surface area (TPSA) is 26.3 Å². The maximum Gasteiger partial charge on any atom is 0.338 e. The van der Waals surface area contributed by atoms with Crippen molar-refractivity contribution in [2.75, 3.05) is 7.11 Å². The molecule has 0 spiro atoms. The Morgan fingerprint density at radius 1 is 1.43 bits per heavy atom. The van der Waals surface area contributed by atoms with Gasteiger partial charge in [0.1, 0.15) is 0 Å². The number of esters is 1. The number of halogens is 1. The summed E-state index contributed by atoms with van der Waals surface area (Å²) >= 11 is 3.39. The molecule has 0 aliphatic heterocycles. The van der Waals surface area contributed by atoms with Gasteiger partial charge in [-0.2, -0.15) is 0 Å². The van der Waals surface area contributed by atoms with Crippen LogP contribution in [0.3, 0.4) is 0 Å². The van der Waals surface area contributed by atoms with Crippen molar-refractivity contribution in [3.63, 3.8) is 0 Å². The van der Waals surface area contributed by atoms with E-state index in [0.29, 0.717) is 5.56 Å². The minimum atomic E-state index is -0.261. The fourth-order valence-electron chi connectivity index (χ4n) is 1.45. The average Bonchev–Trinajstić information content (AvgIpc) is 2.18. The summed E-state index contributed by atoms with van der Waals surface area (Å²) in [7, 11) is 1.40. The van der Waals surface area contributed by atoms with E-state index < -0.39 is 0 Å². The van der Waals surface area contributed by atoms with E-state index in [1.165, 1.54) is 7.11 Å². The molecule has 2 nitrogen and oxygen atoms in total. The number of rotatable bonds is 2. The fourth-order valence-corrected chi connectivity index (χ4v) is 2.06. The molecule has 0 aliphatic carbocycles. The summed E-state index contributed by atoms with van der Waals surface area (Å²) in [6.45, 7) is 3.85. The van der Waals surface area contributed by atoms with Gasteiger partial charge in [0.15, 0.2) is 0 Å². The Kier molecular flexibility index (Phi) is 3.69. The van der Waals surface area contributed by atoms with Gasteiger partial charge in [0.2, 0.25) is 0 Å². The SMILES string of the molecule is COC(=O)c1c(C)ccc(CBr)c1C. The summed E-state index contributed by atoms with van der Waals surface area (Å²) in [5, 5.41) is 0.753. The van der Waals surface area contributed by atoms with E-state index in [1.54, 1.807) is 0 Å². The molecule has 0 unspecified atom stereocenters. The largest absolute Gasteiger partial charge is 0.465 e. The molecule has 1 aromatic carbocycles. The smallest absolute Gasteiger partial charge is 0.338 e. The molecule has 0 fully saturated rings. The van der Waals surface area contributed by atoms with Gasteiger partial charge < -0.3 is 4.74 Å². The molecule has 0 atom stereocenters. The first-order valence-electron chi connectivity index (χ1n) is 4.35. The highest BCUT2D eigenvalue weighted by atomic mass is 79.9.